The smallest absolute Gasteiger partial charge is 0.239 e. The van der Waals surface area contributed by atoms with E-state index in [0.717, 1.165) is 4.47 Å². The van der Waals surface area contributed by atoms with Gasteiger partial charge in [-0.2, -0.15) is 0 Å². The summed E-state index contributed by atoms with van der Waals surface area (Å²) in [5.74, 6) is 1.11. The van der Waals surface area contributed by atoms with Gasteiger partial charge in [-0.1, -0.05) is 12.1 Å². The Labute approximate surface area is 104 Å². The molecule has 0 fully saturated rings. The molecule has 2 heterocycles. The number of aromatic nitrogens is 5. The first kappa shape index (κ1) is 10.2. The second-order valence-electron chi connectivity index (χ2n) is 3.23. The molecule has 0 saturated carbocycles. The third-order valence-corrected chi connectivity index (χ3v) is 2.75. The van der Waals surface area contributed by atoms with Crippen LogP contribution in [0.4, 0.5) is 0 Å². The van der Waals surface area contributed by atoms with Crippen LogP contribution in [0.5, 0.6) is 11.6 Å². The minimum atomic E-state index is 0.428. The lowest BCUT2D eigenvalue weighted by atomic mass is 10.3. The van der Waals surface area contributed by atoms with Gasteiger partial charge in [-0.25, -0.2) is 0 Å². The summed E-state index contributed by atoms with van der Waals surface area (Å²) in [4.78, 5) is 0. The number of tetrazole rings is 1. The van der Waals surface area contributed by atoms with E-state index in [2.05, 4.69) is 36.6 Å². The summed E-state index contributed by atoms with van der Waals surface area (Å²) in [6.07, 6.45) is 0. The van der Waals surface area contributed by atoms with Crippen LogP contribution in [-0.4, -0.2) is 25.3 Å². The van der Waals surface area contributed by atoms with Gasteiger partial charge >= 0.3 is 0 Å². The van der Waals surface area contributed by atoms with E-state index in [1.54, 1.807) is 12.1 Å². The second-order valence-corrected chi connectivity index (χ2v) is 4.08. The molecule has 0 atom stereocenters. The van der Waals surface area contributed by atoms with E-state index in [1.807, 2.05) is 24.3 Å². The fourth-order valence-electron chi connectivity index (χ4n) is 1.33. The normalized spacial score (nSPS) is 10.6. The van der Waals surface area contributed by atoms with E-state index in [0.29, 0.717) is 17.3 Å². The lowest BCUT2D eigenvalue weighted by Gasteiger charge is -2.05. The van der Waals surface area contributed by atoms with Gasteiger partial charge in [0.25, 0.3) is 0 Å². The Bertz CT molecular complexity index is 668. The molecule has 84 valence electrons. The van der Waals surface area contributed by atoms with Gasteiger partial charge < -0.3 is 4.74 Å². The first-order chi connectivity index (χ1) is 8.33. The highest BCUT2D eigenvalue weighted by atomic mass is 79.9. The zero-order chi connectivity index (χ0) is 11.7. The molecule has 0 aliphatic heterocycles. The second kappa shape index (κ2) is 4.10. The van der Waals surface area contributed by atoms with Gasteiger partial charge in [0.2, 0.25) is 5.88 Å². The summed E-state index contributed by atoms with van der Waals surface area (Å²) in [7, 11) is 0. The van der Waals surface area contributed by atoms with E-state index < -0.39 is 0 Å². The van der Waals surface area contributed by atoms with Crippen molar-refractivity contribution >= 4 is 21.6 Å². The fraction of sp³-hybridized carbons (Fsp3) is 0. The highest BCUT2D eigenvalue weighted by Crippen LogP contribution is 2.27. The number of rotatable bonds is 2. The summed E-state index contributed by atoms with van der Waals surface area (Å²) in [6.45, 7) is 0. The molecule has 0 aliphatic rings. The Kier molecular flexibility index (Phi) is 2.45. The van der Waals surface area contributed by atoms with Gasteiger partial charge in [0, 0.05) is 6.07 Å². The van der Waals surface area contributed by atoms with Gasteiger partial charge in [0.15, 0.2) is 5.65 Å². The number of para-hydroxylation sites is 1. The topological polar surface area (TPSA) is 65.2 Å². The van der Waals surface area contributed by atoms with E-state index in [1.165, 1.54) is 4.63 Å². The van der Waals surface area contributed by atoms with Crippen molar-refractivity contribution in [3.05, 3.63) is 40.9 Å². The van der Waals surface area contributed by atoms with Crippen LogP contribution >= 0.6 is 15.9 Å². The number of hydrogen-bond donors (Lipinski definition) is 0. The minimum absolute atomic E-state index is 0.428. The van der Waals surface area contributed by atoms with Crippen LogP contribution in [0.3, 0.4) is 0 Å². The molecule has 0 bridgehead atoms. The Hall–Kier alpha value is -2.02. The van der Waals surface area contributed by atoms with Crippen molar-refractivity contribution in [2.45, 2.75) is 0 Å². The fourth-order valence-corrected chi connectivity index (χ4v) is 1.69. The summed E-state index contributed by atoms with van der Waals surface area (Å²) in [5, 5.41) is 15.1. The van der Waals surface area contributed by atoms with E-state index in [9.17, 15) is 0 Å². The number of fused-ring (bicyclic) bond motifs is 1. The maximum absolute atomic E-state index is 5.61. The molecule has 0 unspecified atom stereocenters. The monoisotopic (exact) mass is 291 g/mol. The van der Waals surface area contributed by atoms with Crippen molar-refractivity contribution in [1.82, 2.24) is 25.3 Å². The largest absolute Gasteiger partial charge is 0.436 e. The van der Waals surface area contributed by atoms with Crippen molar-refractivity contribution in [2.75, 3.05) is 0 Å². The SMILES string of the molecule is Brc1ccccc1Oc1ccc2nnnn2n1. The molecule has 7 heteroatoms. The molecular formula is C10H6BrN5O. The van der Waals surface area contributed by atoms with Gasteiger partial charge in [0.1, 0.15) is 5.75 Å². The summed E-state index contributed by atoms with van der Waals surface area (Å²) in [6, 6.07) is 11.0. The lowest BCUT2D eigenvalue weighted by Crippen LogP contribution is -1.97. The average molecular weight is 292 g/mol. The highest BCUT2D eigenvalue weighted by Gasteiger charge is 2.05. The molecule has 17 heavy (non-hydrogen) atoms. The Morgan fingerprint density at radius 2 is 2.00 bits per heavy atom. The Morgan fingerprint density at radius 1 is 1.12 bits per heavy atom. The van der Waals surface area contributed by atoms with Gasteiger partial charge in [-0.15, -0.1) is 14.8 Å². The molecule has 2 aromatic heterocycles. The van der Waals surface area contributed by atoms with E-state index in [4.69, 9.17) is 4.74 Å². The first-order valence-electron chi connectivity index (χ1n) is 4.81. The third kappa shape index (κ3) is 1.96. The molecule has 3 rings (SSSR count). The molecule has 0 N–H and O–H groups in total. The van der Waals surface area contributed by atoms with E-state index in [-0.39, 0.29) is 0 Å². The van der Waals surface area contributed by atoms with Gasteiger partial charge in [-0.05, 0) is 44.6 Å². The molecule has 0 aliphatic carbocycles. The molecular weight excluding hydrogens is 286 g/mol. The Morgan fingerprint density at radius 3 is 2.88 bits per heavy atom. The van der Waals surface area contributed by atoms with Crippen LogP contribution in [0.2, 0.25) is 0 Å². The standard InChI is InChI=1S/C10H6BrN5O/c11-7-3-1-2-4-8(7)17-10-6-5-9-12-14-15-16(9)13-10/h1-6H. The molecule has 0 spiro atoms. The van der Waals surface area contributed by atoms with Crippen LogP contribution in [0.1, 0.15) is 0 Å². The maximum Gasteiger partial charge on any atom is 0.239 e. The van der Waals surface area contributed by atoms with Crippen molar-refractivity contribution in [3.8, 4) is 11.6 Å². The summed E-state index contributed by atoms with van der Waals surface area (Å²) in [5.41, 5.74) is 0.574. The average Bonchev–Trinajstić information content (AvgIpc) is 2.79. The number of hydrogen-bond acceptors (Lipinski definition) is 5. The zero-order valence-corrected chi connectivity index (χ0v) is 10.1. The van der Waals surface area contributed by atoms with Crippen LogP contribution < -0.4 is 4.74 Å². The predicted molar refractivity (Wildman–Crippen MR) is 62.8 cm³/mol. The van der Waals surface area contributed by atoms with Crippen LogP contribution in [0.15, 0.2) is 40.9 Å². The molecule has 0 amide bonds. The van der Waals surface area contributed by atoms with Crippen molar-refractivity contribution < 1.29 is 4.74 Å². The molecule has 6 nitrogen and oxygen atoms in total. The number of halogens is 1. The molecule has 3 aromatic rings. The summed E-state index contributed by atoms with van der Waals surface area (Å²) >= 11 is 3.40. The first-order valence-corrected chi connectivity index (χ1v) is 5.60. The molecule has 1 aromatic carbocycles. The molecule has 0 saturated heterocycles. The molecule has 0 radical (unpaired) electrons. The van der Waals surface area contributed by atoms with Crippen LogP contribution in [0.25, 0.3) is 5.65 Å². The highest BCUT2D eigenvalue weighted by molar-refractivity contribution is 9.10. The third-order valence-electron chi connectivity index (χ3n) is 2.10. The lowest BCUT2D eigenvalue weighted by molar-refractivity contribution is 0.444. The number of benzene rings is 1. The van der Waals surface area contributed by atoms with Crippen LogP contribution in [-0.2, 0) is 0 Å². The maximum atomic E-state index is 5.61. The minimum Gasteiger partial charge on any atom is -0.436 e. The van der Waals surface area contributed by atoms with Crippen LogP contribution in [0, 0.1) is 0 Å². The van der Waals surface area contributed by atoms with Gasteiger partial charge in [0.05, 0.1) is 4.47 Å². The quantitative estimate of drug-likeness (QED) is 0.723. The Balaban J connectivity index is 1.97. The van der Waals surface area contributed by atoms with Crippen molar-refractivity contribution in [3.63, 3.8) is 0 Å². The number of nitrogens with zero attached hydrogens (tertiary/aromatic N) is 5. The zero-order valence-electron chi connectivity index (χ0n) is 8.49. The van der Waals surface area contributed by atoms with E-state index >= 15 is 0 Å². The predicted octanol–water partition coefficient (Wildman–Crippen LogP) is 2.07. The van der Waals surface area contributed by atoms with Crippen molar-refractivity contribution in [2.24, 2.45) is 0 Å². The van der Waals surface area contributed by atoms with Crippen molar-refractivity contribution in [1.29, 1.82) is 0 Å². The van der Waals surface area contributed by atoms with Gasteiger partial charge in [-0.3, -0.25) is 0 Å². The summed E-state index contributed by atoms with van der Waals surface area (Å²) < 4.78 is 7.78. The number of ether oxygens (including phenoxy) is 1.